The van der Waals surface area contributed by atoms with E-state index in [4.69, 9.17) is 28.7 Å². The van der Waals surface area contributed by atoms with Gasteiger partial charge in [-0.3, -0.25) is 38.6 Å². The van der Waals surface area contributed by atoms with Gasteiger partial charge in [0.15, 0.2) is 5.96 Å². The lowest BCUT2D eigenvalue weighted by Crippen LogP contribution is -2.60. The fourth-order valence-corrected chi connectivity index (χ4v) is 5.24. The highest BCUT2D eigenvalue weighted by atomic mass is 16.3. The van der Waals surface area contributed by atoms with Gasteiger partial charge in [0.2, 0.25) is 41.4 Å². The topological polar surface area (TPSA) is 342 Å². The molecule has 0 radical (unpaired) electrons. The number of carbonyl (C=O) groups excluding carboxylic acids is 7. The van der Waals surface area contributed by atoms with Crippen LogP contribution in [0.4, 0.5) is 0 Å². The average molecular weight is 762 g/mol. The molecule has 19 heteroatoms. The quantitative estimate of drug-likeness (QED) is 0.0284. The summed E-state index contributed by atoms with van der Waals surface area (Å²) in [5.41, 5.74) is 27.8. The van der Waals surface area contributed by atoms with Crippen molar-refractivity contribution in [2.24, 2.45) is 45.5 Å². The molecule has 0 fully saturated rings. The van der Waals surface area contributed by atoms with E-state index < -0.39 is 90.1 Å². The van der Waals surface area contributed by atoms with Crippen LogP contribution in [0.25, 0.3) is 0 Å². The molecule has 0 aliphatic rings. The first-order chi connectivity index (χ1) is 25.2. The first-order valence-electron chi connectivity index (χ1n) is 17.8. The van der Waals surface area contributed by atoms with Gasteiger partial charge in [0.1, 0.15) is 36.3 Å². The fourth-order valence-electron chi connectivity index (χ4n) is 5.24. The standard InChI is InChI=1S/C35H59N11O8/c1-18(2)14-24(31(51)42-22(12-9-13-41-35(39)40)30(50)43-23(29(38)49)17-27(36)48)44-32(52)25(15-19(3)4)45-33(53)26(16-21-10-7-6-8-11-21)46-34(54)28(37)20(5)47/h6-8,10-11,18-20,22-26,28,47H,9,12-17,37H2,1-5H3,(H2,36,48)(H2,38,49)(H,42,51)(H,43,50)(H,44,52)(H,45,53)(H,46,54)(H4,39,40,41)/t20-,22+,23+,24+,25+,26+,28+/m1/s1. The van der Waals surface area contributed by atoms with Crippen LogP contribution in [0.15, 0.2) is 35.3 Å². The molecule has 0 aromatic heterocycles. The minimum absolute atomic E-state index is 0.0159. The second-order valence-electron chi connectivity index (χ2n) is 14.0. The predicted molar refractivity (Wildman–Crippen MR) is 201 cm³/mol. The zero-order valence-corrected chi connectivity index (χ0v) is 31.7. The molecule has 0 bridgehead atoms. The van der Waals surface area contributed by atoms with Crippen molar-refractivity contribution in [3.8, 4) is 0 Å². The summed E-state index contributed by atoms with van der Waals surface area (Å²) in [5.74, 6) is -6.11. The van der Waals surface area contributed by atoms with Crippen molar-refractivity contribution in [3.63, 3.8) is 0 Å². The van der Waals surface area contributed by atoms with Gasteiger partial charge in [-0.15, -0.1) is 0 Å². The molecule has 7 atom stereocenters. The molecule has 1 aromatic carbocycles. The zero-order valence-electron chi connectivity index (χ0n) is 31.7. The molecule has 1 aromatic rings. The number of benzene rings is 1. The van der Waals surface area contributed by atoms with Crippen molar-refractivity contribution in [3.05, 3.63) is 35.9 Å². The van der Waals surface area contributed by atoms with Crippen LogP contribution < -0.4 is 55.3 Å². The number of primary amides is 2. The Labute approximate surface area is 315 Å². The molecule has 0 heterocycles. The number of amides is 7. The van der Waals surface area contributed by atoms with Crippen LogP contribution >= 0.6 is 0 Å². The molecule has 0 aliphatic heterocycles. The van der Waals surface area contributed by atoms with E-state index in [9.17, 15) is 38.7 Å². The molecule has 0 saturated carbocycles. The van der Waals surface area contributed by atoms with Gasteiger partial charge in [0.05, 0.1) is 12.5 Å². The predicted octanol–water partition coefficient (Wildman–Crippen LogP) is -3.13. The van der Waals surface area contributed by atoms with E-state index in [2.05, 4.69) is 31.6 Å². The first-order valence-corrected chi connectivity index (χ1v) is 17.8. The largest absolute Gasteiger partial charge is 0.391 e. The molecule has 1 rings (SSSR count). The maximum atomic E-state index is 13.9. The number of hydrogen-bond acceptors (Lipinski definition) is 10. The van der Waals surface area contributed by atoms with Crippen LogP contribution in [0.5, 0.6) is 0 Å². The van der Waals surface area contributed by atoms with Crippen molar-refractivity contribution < 1.29 is 38.7 Å². The van der Waals surface area contributed by atoms with Crippen molar-refractivity contribution in [2.45, 2.75) is 115 Å². The maximum Gasteiger partial charge on any atom is 0.243 e. The number of guanidine groups is 1. The van der Waals surface area contributed by atoms with Crippen LogP contribution in [0.2, 0.25) is 0 Å². The Morgan fingerprint density at radius 2 is 1.09 bits per heavy atom. The molecule has 0 unspecified atom stereocenters. The summed E-state index contributed by atoms with van der Waals surface area (Å²) < 4.78 is 0. The lowest BCUT2D eigenvalue weighted by Gasteiger charge is -2.28. The summed E-state index contributed by atoms with van der Waals surface area (Å²) in [4.78, 5) is 94.8. The molecule has 16 N–H and O–H groups in total. The van der Waals surface area contributed by atoms with Gasteiger partial charge in [-0.1, -0.05) is 58.0 Å². The molecular weight excluding hydrogens is 702 g/mol. The monoisotopic (exact) mass is 761 g/mol. The second kappa shape index (κ2) is 23.4. The minimum Gasteiger partial charge on any atom is -0.391 e. The van der Waals surface area contributed by atoms with Gasteiger partial charge in [-0.05, 0) is 50.0 Å². The van der Waals surface area contributed by atoms with Crippen LogP contribution in [0.3, 0.4) is 0 Å². The van der Waals surface area contributed by atoms with Crippen LogP contribution in [0.1, 0.15) is 72.3 Å². The van der Waals surface area contributed by atoms with Crippen LogP contribution in [-0.2, 0) is 40.0 Å². The summed E-state index contributed by atoms with van der Waals surface area (Å²) in [7, 11) is 0. The summed E-state index contributed by atoms with van der Waals surface area (Å²) in [5, 5.41) is 22.8. The van der Waals surface area contributed by atoms with Gasteiger partial charge in [-0.25, -0.2) is 0 Å². The molecule has 7 amide bonds. The number of rotatable bonds is 24. The number of aliphatic hydroxyl groups is 1. The van der Waals surface area contributed by atoms with Gasteiger partial charge >= 0.3 is 0 Å². The highest BCUT2D eigenvalue weighted by Gasteiger charge is 2.34. The third-order valence-corrected chi connectivity index (χ3v) is 8.06. The van der Waals surface area contributed by atoms with E-state index >= 15 is 0 Å². The van der Waals surface area contributed by atoms with Gasteiger partial charge in [0.25, 0.3) is 0 Å². The Bertz CT molecular complexity index is 1450. The van der Waals surface area contributed by atoms with E-state index in [1.807, 2.05) is 27.7 Å². The summed E-state index contributed by atoms with van der Waals surface area (Å²) in [6, 6.07) is 1.24. The summed E-state index contributed by atoms with van der Waals surface area (Å²) in [6.45, 7) is 8.73. The minimum atomic E-state index is -1.45. The van der Waals surface area contributed by atoms with Crippen molar-refractivity contribution in [1.29, 1.82) is 0 Å². The Kier molecular flexibility index (Phi) is 20.2. The normalized spacial score (nSPS) is 15.0. The number of nitrogens with one attached hydrogen (secondary N) is 5. The highest BCUT2D eigenvalue weighted by Crippen LogP contribution is 2.12. The van der Waals surface area contributed by atoms with Gasteiger partial charge in [-0.2, -0.15) is 0 Å². The Balaban J connectivity index is 3.35. The fraction of sp³-hybridized carbons (Fsp3) is 0.600. The number of aliphatic hydroxyl groups excluding tert-OH is 1. The molecule has 0 spiro atoms. The van der Waals surface area contributed by atoms with E-state index in [0.29, 0.717) is 5.56 Å². The third-order valence-electron chi connectivity index (χ3n) is 8.06. The molecule has 302 valence electrons. The van der Waals surface area contributed by atoms with Crippen molar-refractivity contribution in [1.82, 2.24) is 26.6 Å². The highest BCUT2D eigenvalue weighted by molar-refractivity contribution is 5.97. The number of carbonyl (C=O) groups is 7. The number of nitrogens with two attached hydrogens (primary N) is 5. The zero-order chi connectivity index (χ0) is 41.1. The molecular formula is C35H59N11O8. The molecule has 0 aliphatic carbocycles. The summed E-state index contributed by atoms with van der Waals surface area (Å²) >= 11 is 0. The SMILES string of the molecule is CC(C)C[C@H](NC(=O)[C@H](CC(C)C)NC(=O)[C@H](Cc1ccccc1)NC(=O)[C@@H](N)[C@@H](C)O)C(=O)N[C@@H](CCCN=C(N)N)C(=O)N[C@@H](CC(N)=O)C(N)=O. The third kappa shape index (κ3) is 18.0. The lowest BCUT2D eigenvalue weighted by atomic mass is 9.98. The van der Waals surface area contributed by atoms with Crippen molar-refractivity contribution >= 4 is 47.3 Å². The van der Waals surface area contributed by atoms with E-state index in [-0.39, 0.29) is 56.4 Å². The van der Waals surface area contributed by atoms with Gasteiger partial charge < -0.3 is 60.4 Å². The van der Waals surface area contributed by atoms with E-state index in [0.717, 1.165) is 0 Å². The van der Waals surface area contributed by atoms with Gasteiger partial charge in [0, 0.05) is 13.0 Å². The Morgan fingerprint density at radius 1 is 0.648 bits per heavy atom. The average Bonchev–Trinajstić information content (AvgIpc) is 3.07. The second-order valence-corrected chi connectivity index (χ2v) is 14.0. The number of aliphatic imine (C=N–C) groups is 1. The van der Waals surface area contributed by atoms with Crippen molar-refractivity contribution in [2.75, 3.05) is 6.54 Å². The maximum absolute atomic E-state index is 13.9. The van der Waals surface area contributed by atoms with Crippen LogP contribution in [-0.4, -0.2) is 101 Å². The molecule has 54 heavy (non-hydrogen) atoms. The molecule has 19 nitrogen and oxygen atoms in total. The summed E-state index contributed by atoms with van der Waals surface area (Å²) in [6.07, 6.45) is -1.26. The Hall–Kier alpha value is -5.30. The smallest absolute Gasteiger partial charge is 0.243 e. The van der Waals surface area contributed by atoms with E-state index in [1.165, 1.54) is 6.92 Å². The Morgan fingerprint density at radius 3 is 1.54 bits per heavy atom. The van der Waals surface area contributed by atoms with Crippen LogP contribution in [0, 0.1) is 11.8 Å². The molecule has 0 saturated heterocycles. The van der Waals surface area contributed by atoms with E-state index in [1.54, 1.807) is 30.3 Å². The first kappa shape index (κ1) is 46.7. The lowest BCUT2D eigenvalue weighted by molar-refractivity contribution is -0.135. The number of nitrogens with zero attached hydrogens (tertiary/aromatic N) is 1. The number of hydrogen-bond donors (Lipinski definition) is 11.